The summed E-state index contributed by atoms with van der Waals surface area (Å²) in [7, 11) is 0. The Labute approximate surface area is 86.5 Å². The van der Waals surface area contributed by atoms with Gasteiger partial charge in [-0.3, -0.25) is 0 Å². The van der Waals surface area contributed by atoms with Crippen LogP contribution in [0.1, 0.15) is 36.6 Å². The van der Waals surface area contributed by atoms with Gasteiger partial charge in [-0.15, -0.1) is 0 Å². The number of hydrogen-bond acceptors (Lipinski definition) is 1. The van der Waals surface area contributed by atoms with Crippen LogP contribution in [0.15, 0.2) is 18.2 Å². The van der Waals surface area contributed by atoms with Gasteiger partial charge in [0.25, 0.3) is 0 Å². The van der Waals surface area contributed by atoms with Gasteiger partial charge in [0.15, 0.2) is 0 Å². The Morgan fingerprint density at radius 1 is 1.29 bits per heavy atom. The number of benzene rings is 1. The van der Waals surface area contributed by atoms with E-state index < -0.39 is 0 Å². The van der Waals surface area contributed by atoms with E-state index in [9.17, 15) is 0 Å². The van der Waals surface area contributed by atoms with Crippen molar-refractivity contribution in [3.63, 3.8) is 0 Å². The van der Waals surface area contributed by atoms with Crippen molar-refractivity contribution in [2.24, 2.45) is 5.41 Å². The SMILES string of the molecule is Cc1ccc(C)c(C2NCC2(C)C)c1. The first-order chi connectivity index (χ1) is 6.50. The highest BCUT2D eigenvalue weighted by molar-refractivity contribution is 5.35. The lowest BCUT2D eigenvalue weighted by atomic mass is 9.73. The van der Waals surface area contributed by atoms with E-state index in [1.807, 2.05) is 0 Å². The topological polar surface area (TPSA) is 12.0 Å². The highest BCUT2D eigenvalue weighted by Crippen LogP contribution is 2.41. The molecule has 0 saturated carbocycles. The summed E-state index contributed by atoms with van der Waals surface area (Å²) in [6.07, 6.45) is 0. The molecule has 0 amide bonds. The molecule has 1 aromatic rings. The summed E-state index contributed by atoms with van der Waals surface area (Å²) in [6.45, 7) is 10.1. The first-order valence-electron chi connectivity index (χ1n) is 5.31. The molecule has 14 heavy (non-hydrogen) atoms. The predicted molar refractivity (Wildman–Crippen MR) is 60.4 cm³/mol. The standard InChI is InChI=1S/C13H19N/c1-9-5-6-10(2)11(7-9)12-13(3,4)8-14-12/h5-7,12,14H,8H2,1-4H3. The van der Waals surface area contributed by atoms with Crippen LogP contribution in [0.2, 0.25) is 0 Å². The van der Waals surface area contributed by atoms with Gasteiger partial charge in [-0.2, -0.15) is 0 Å². The zero-order chi connectivity index (χ0) is 10.3. The largest absolute Gasteiger partial charge is 0.309 e. The number of rotatable bonds is 1. The van der Waals surface area contributed by atoms with Gasteiger partial charge in [-0.05, 0) is 30.4 Å². The fourth-order valence-electron chi connectivity index (χ4n) is 2.21. The molecule has 1 heterocycles. The highest BCUT2D eigenvalue weighted by Gasteiger charge is 2.39. The van der Waals surface area contributed by atoms with Crippen molar-refractivity contribution in [1.82, 2.24) is 5.32 Å². The summed E-state index contributed by atoms with van der Waals surface area (Å²) < 4.78 is 0. The fourth-order valence-corrected chi connectivity index (χ4v) is 2.21. The van der Waals surface area contributed by atoms with Crippen LogP contribution in [0.5, 0.6) is 0 Å². The van der Waals surface area contributed by atoms with E-state index in [1.54, 1.807) is 0 Å². The maximum atomic E-state index is 3.52. The lowest BCUT2D eigenvalue weighted by molar-refractivity contribution is 0.128. The molecule has 0 aromatic heterocycles. The summed E-state index contributed by atoms with van der Waals surface area (Å²) >= 11 is 0. The van der Waals surface area contributed by atoms with Gasteiger partial charge in [0.1, 0.15) is 0 Å². The molecular weight excluding hydrogens is 170 g/mol. The third-order valence-corrected chi connectivity index (χ3v) is 3.29. The first kappa shape index (κ1) is 9.72. The van der Waals surface area contributed by atoms with E-state index in [0.29, 0.717) is 11.5 Å². The molecule has 1 nitrogen and oxygen atoms in total. The van der Waals surface area contributed by atoms with Crippen molar-refractivity contribution >= 4 is 0 Å². The van der Waals surface area contributed by atoms with E-state index in [4.69, 9.17) is 0 Å². The summed E-state index contributed by atoms with van der Waals surface area (Å²) in [5, 5.41) is 3.52. The minimum absolute atomic E-state index is 0.415. The highest BCUT2D eigenvalue weighted by atomic mass is 15.0. The lowest BCUT2D eigenvalue weighted by Gasteiger charge is -2.46. The van der Waals surface area contributed by atoms with E-state index in [0.717, 1.165) is 6.54 Å². The molecule has 1 atom stereocenters. The van der Waals surface area contributed by atoms with Crippen LogP contribution in [-0.4, -0.2) is 6.54 Å². The smallest absolute Gasteiger partial charge is 0.0387 e. The second-order valence-electron chi connectivity index (χ2n) is 5.16. The van der Waals surface area contributed by atoms with Gasteiger partial charge in [-0.25, -0.2) is 0 Å². The summed E-state index contributed by atoms with van der Waals surface area (Å²) in [5.74, 6) is 0. The Morgan fingerprint density at radius 2 is 2.00 bits per heavy atom. The van der Waals surface area contributed by atoms with E-state index >= 15 is 0 Å². The average Bonchev–Trinajstić information content (AvgIpc) is 2.10. The van der Waals surface area contributed by atoms with Crippen LogP contribution >= 0.6 is 0 Å². The molecule has 1 N–H and O–H groups in total. The Balaban J connectivity index is 2.37. The van der Waals surface area contributed by atoms with Crippen LogP contribution in [-0.2, 0) is 0 Å². The van der Waals surface area contributed by atoms with E-state index in [-0.39, 0.29) is 0 Å². The van der Waals surface area contributed by atoms with E-state index in [1.165, 1.54) is 16.7 Å². The van der Waals surface area contributed by atoms with Crippen LogP contribution in [0.25, 0.3) is 0 Å². The normalized spacial score (nSPS) is 24.4. The minimum atomic E-state index is 0.415. The quantitative estimate of drug-likeness (QED) is 0.716. The van der Waals surface area contributed by atoms with Crippen molar-refractivity contribution in [2.45, 2.75) is 33.7 Å². The van der Waals surface area contributed by atoms with Gasteiger partial charge in [0.2, 0.25) is 0 Å². The van der Waals surface area contributed by atoms with Gasteiger partial charge in [-0.1, -0.05) is 37.6 Å². The van der Waals surface area contributed by atoms with Crippen molar-refractivity contribution in [1.29, 1.82) is 0 Å². The monoisotopic (exact) mass is 189 g/mol. The Kier molecular flexibility index (Phi) is 2.15. The molecule has 0 spiro atoms. The molecule has 76 valence electrons. The first-order valence-corrected chi connectivity index (χ1v) is 5.31. The molecule has 0 aliphatic carbocycles. The van der Waals surface area contributed by atoms with Gasteiger partial charge in [0.05, 0.1) is 0 Å². The second-order valence-corrected chi connectivity index (χ2v) is 5.16. The van der Waals surface area contributed by atoms with Gasteiger partial charge in [0, 0.05) is 12.6 Å². The molecule has 1 aliphatic rings. The van der Waals surface area contributed by atoms with Crippen LogP contribution < -0.4 is 5.32 Å². The second kappa shape index (κ2) is 3.09. The Hall–Kier alpha value is -0.820. The number of aryl methyl sites for hydroxylation is 2. The third kappa shape index (κ3) is 1.46. The molecule has 1 unspecified atom stereocenters. The molecule has 1 aromatic carbocycles. The van der Waals surface area contributed by atoms with Gasteiger partial charge < -0.3 is 5.32 Å². The summed E-state index contributed by atoms with van der Waals surface area (Å²) in [6, 6.07) is 7.27. The summed E-state index contributed by atoms with van der Waals surface area (Å²) in [4.78, 5) is 0. The van der Waals surface area contributed by atoms with Crippen molar-refractivity contribution in [3.8, 4) is 0 Å². The molecule has 0 radical (unpaired) electrons. The van der Waals surface area contributed by atoms with Crippen LogP contribution in [0.3, 0.4) is 0 Å². The maximum absolute atomic E-state index is 3.52. The van der Waals surface area contributed by atoms with Crippen molar-refractivity contribution < 1.29 is 0 Å². The average molecular weight is 189 g/mol. The zero-order valence-electron chi connectivity index (χ0n) is 9.52. The molecule has 2 rings (SSSR count). The number of nitrogens with one attached hydrogen (secondary N) is 1. The zero-order valence-corrected chi connectivity index (χ0v) is 9.52. The van der Waals surface area contributed by atoms with Crippen molar-refractivity contribution in [2.75, 3.05) is 6.54 Å². The number of hydrogen-bond donors (Lipinski definition) is 1. The van der Waals surface area contributed by atoms with Gasteiger partial charge >= 0.3 is 0 Å². The third-order valence-electron chi connectivity index (χ3n) is 3.29. The Morgan fingerprint density at radius 3 is 2.50 bits per heavy atom. The molecule has 1 heteroatoms. The summed E-state index contributed by atoms with van der Waals surface area (Å²) in [5.41, 5.74) is 4.65. The molecular formula is C13H19N. The molecule has 1 fully saturated rings. The minimum Gasteiger partial charge on any atom is -0.309 e. The molecule has 0 bridgehead atoms. The lowest BCUT2D eigenvalue weighted by Crippen LogP contribution is -2.52. The van der Waals surface area contributed by atoms with E-state index in [2.05, 4.69) is 51.2 Å². The molecule has 1 saturated heterocycles. The van der Waals surface area contributed by atoms with Crippen LogP contribution in [0.4, 0.5) is 0 Å². The Bertz CT molecular complexity index is 352. The predicted octanol–water partition coefficient (Wildman–Crippen LogP) is 2.97. The maximum Gasteiger partial charge on any atom is 0.0387 e. The molecule has 1 aliphatic heterocycles. The van der Waals surface area contributed by atoms with Crippen molar-refractivity contribution in [3.05, 3.63) is 34.9 Å². The fraction of sp³-hybridized carbons (Fsp3) is 0.538. The van der Waals surface area contributed by atoms with Crippen LogP contribution in [0, 0.1) is 19.3 Å².